The third-order valence-corrected chi connectivity index (χ3v) is 2.74. The molecule has 76 valence electrons. The van der Waals surface area contributed by atoms with Crippen LogP contribution >= 0.6 is 0 Å². The van der Waals surface area contributed by atoms with Crippen molar-refractivity contribution in [2.75, 3.05) is 0 Å². The minimum atomic E-state index is -0.224. The zero-order valence-electron chi connectivity index (χ0n) is 8.27. The van der Waals surface area contributed by atoms with E-state index in [0.717, 1.165) is 19.1 Å². The molecule has 1 fully saturated rings. The number of nitrogens with zero attached hydrogens (tertiary/aromatic N) is 2. The molecule has 0 N–H and O–H groups in total. The van der Waals surface area contributed by atoms with E-state index in [1.165, 1.54) is 0 Å². The standard InChI is InChI=1S/C10H14N2O2/c1-7(10(14)6-12-11)5-8-3-2-4-9(8)13/h6-8H,2-5H2,1H3. The maximum absolute atomic E-state index is 11.3. The first kappa shape index (κ1) is 10.8. The molecule has 0 aromatic carbocycles. The number of Topliss-reactive ketones (excluding diaryl/α,β-unsaturated/α-hetero) is 2. The van der Waals surface area contributed by atoms with Gasteiger partial charge in [-0.1, -0.05) is 6.92 Å². The Morgan fingerprint density at radius 1 is 1.79 bits per heavy atom. The summed E-state index contributed by atoms with van der Waals surface area (Å²) in [5.74, 6) is -0.128. The molecule has 2 unspecified atom stereocenters. The van der Waals surface area contributed by atoms with Gasteiger partial charge in [-0.05, 0) is 19.3 Å². The van der Waals surface area contributed by atoms with Crippen molar-refractivity contribution in [1.82, 2.24) is 0 Å². The third-order valence-electron chi connectivity index (χ3n) is 2.74. The van der Waals surface area contributed by atoms with E-state index >= 15 is 0 Å². The molecule has 0 amide bonds. The van der Waals surface area contributed by atoms with Crippen LogP contribution in [0, 0.1) is 11.8 Å². The molecular formula is C10H14N2O2. The van der Waals surface area contributed by atoms with Gasteiger partial charge in [0.2, 0.25) is 5.78 Å². The van der Waals surface area contributed by atoms with Crippen molar-refractivity contribution in [3.8, 4) is 0 Å². The topological polar surface area (TPSA) is 70.5 Å². The van der Waals surface area contributed by atoms with Gasteiger partial charge < -0.3 is 5.53 Å². The summed E-state index contributed by atoms with van der Waals surface area (Å²) >= 11 is 0. The van der Waals surface area contributed by atoms with Crippen molar-refractivity contribution in [3.05, 3.63) is 5.53 Å². The lowest BCUT2D eigenvalue weighted by atomic mass is 9.91. The van der Waals surface area contributed by atoms with E-state index in [0.29, 0.717) is 12.8 Å². The fourth-order valence-electron chi connectivity index (χ4n) is 1.86. The highest BCUT2D eigenvalue weighted by Crippen LogP contribution is 2.27. The molecule has 0 saturated heterocycles. The first-order valence-corrected chi connectivity index (χ1v) is 4.89. The van der Waals surface area contributed by atoms with Crippen LogP contribution in [0.25, 0.3) is 5.53 Å². The van der Waals surface area contributed by atoms with Gasteiger partial charge in [-0.25, -0.2) is 0 Å². The smallest absolute Gasteiger partial charge is 0.323 e. The largest absolute Gasteiger partial charge is 0.361 e. The van der Waals surface area contributed by atoms with Crippen LogP contribution in [-0.4, -0.2) is 22.6 Å². The van der Waals surface area contributed by atoms with Crippen LogP contribution in [0.2, 0.25) is 0 Å². The zero-order valence-corrected chi connectivity index (χ0v) is 8.27. The van der Waals surface area contributed by atoms with E-state index < -0.39 is 0 Å². The van der Waals surface area contributed by atoms with Crippen molar-refractivity contribution in [2.45, 2.75) is 32.6 Å². The lowest BCUT2D eigenvalue weighted by Gasteiger charge is -2.10. The normalized spacial score (nSPS) is 22.9. The first-order chi connectivity index (χ1) is 6.65. The quantitative estimate of drug-likeness (QED) is 0.384. The molecule has 4 heteroatoms. The summed E-state index contributed by atoms with van der Waals surface area (Å²) in [6.45, 7) is 1.76. The van der Waals surface area contributed by atoms with Crippen LogP contribution in [-0.2, 0) is 9.59 Å². The van der Waals surface area contributed by atoms with Crippen LogP contribution in [0.1, 0.15) is 32.6 Å². The highest BCUT2D eigenvalue weighted by atomic mass is 16.1. The molecule has 0 aromatic heterocycles. The van der Waals surface area contributed by atoms with E-state index in [1.807, 2.05) is 0 Å². The van der Waals surface area contributed by atoms with E-state index in [-0.39, 0.29) is 23.4 Å². The lowest BCUT2D eigenvalue weighted by Crippen LogP contribution is -2.18. The first-order valence-electron chi connectivity index (χ1n) is 4.89. The molecule has 1 saturated carbocycles. The van der Waals surface area contributed by atoms with E-state index in [1.54, 1.807) is 6.92 Å². The second-order valence-corrected chi connectivity index (χ2v) is 3.84. The fourth-order valence-corrected chi connectivity index (χ4v) is 1.86. The molecule has 0 radical (unpaired) electrons. The van der Waals surface area contributed by atoms with Crippen molar-refractivity contribution >= 4 is 17.8 Å². The predicted octanol–water partition coefficient (Wildman–Crippen LogP) is 1.25. The summed E-state index contributed by atoms with van der Waals surface area (Å²) in [6.07, 6.45) is 3.98. The van der Waals surface area contributed by atoms with E-state index in [9.17, 15) is 9.59 Å². The van der Waals surface area contributed by atoms with Crippen molar-refractivity contribution in [1.29, 1.82) is 0 Å². The molecule has 1 aliphatic rings. The maximum Gasteiger partial charge on any atom is 0.323 e. The van der Waals surface area contributed by atoms with Gasteiger partial charge in [0, 0.05) is 18.3 Å². The van der Waals surface area contributed by atoms with Crippen LogP contribution in [0.5, 0.6) is 0 Å². The average Bonchev–Trinajstić information content (AvgIpc) is 2.52. The Bertz CT molecular complexity index is 292. The van der Waals surface area contributed by atoms with Crippen LogP contribution in [0.4, 0.5) is 0 Å². The molecule has 0 aromatic rings. The Morgan fingerprint density at radius 2 is 2.50 bits per heavy atom. The van der Waals surface area contributed by atoms with Gasteiger partial charge in [0.1, 0.15) is 5.78 Å². The van der Waals surface area contributed by atoms with Crippen molar-refractivity contribution in [3.63, 3.8) is 0 Å². The summed E-state index contributed by atoms with van der Waals surface area (Å²) in [6, 6.07) is 0. The summed E-state index contributed by atoms with van der Waals surface area (Å²) in [5, 5.41) is 0. The average molecular weight is 194 g/mol. The third kappa shape index (κ3) is 2.60. The molecular weight excluding hydrogens is 180 g/mol. The van der Waals surface area contributed by atoms with Crippen molar-refractivity contribution in [2.24, 2.45) is 11.8 Å². The predicted molar refractivity (Wildman–Crippen MR) is 50.8 cm³/mol. The van der Waals surface area contributed by atoms with Crippen LogP contribution in [0.3, 0.4) is 0 Å². The Kier molecular flexibility index (Phi) is 3.72. The zero-order chi connectivity index (χ0) is 10.6. The number of rotatable bonds is 4. The summed E-state index contributed by atoms with van der Waals surface area (Å²) < 4.78 is 0. The number of hydrogen-bond acceptors (Lipinski definition) is 2. The van der Waals surface area contributed by atoms with Gasteiger partial charge in [-0.2, -0.15) is 4.79 Å². The molecule has 0 bridgehead atoms. The Hall–Kier alpha value is -1.28. The van der Waals surface area contributed by atoms with E-state index in [2.05, 4.69) is 4.79 Å². The van der Waals surface area contributed by atoms with Gasteiger partial charge in [-0.15, -0.1) is 0 Å². The summed E-state index contributed by atoms with van der Waals surface area (Å²) in [7, 11) is 0. The van der Waals surface area contributed by atoms with Crippen LogP contribution < -0.4 is 0 Å². The van der Waals surface area contributed by atoms with E-state index in [4.69, 9.17) is 5.53 Å². The Balaban J connectivity index is 2.47. The number of ketones is 2. The number of hydrogen-bond donors (Lipinski definition) is 0. The van der Waals surface area contributed by atoms with Gasteiger partial charge in [0.25, 0.3) is 0 Å². The molecule has 1 aliphatic carbocycles. The maximum atomic E-state index is 11.3. The molecule has 2 atom stereocenters. The van der Waals surface area contributed by atoms with Gasteiger partial charge >= 0.3 is 6.21 Å². The second kappa shape index (κ2) is 4.82. The second-order valence-electron chi connectivity index (χ2n) is 3.84. The Labute approximate surface area is 82.9 Å². The highest BCUT2D eigenvalue weighted by Gasteiger charge is 2.28. The Morgan fingerprint density at radius 3 is 3.00 bits per heavy atom. The van der Waals surface area contributed by atoms with Gasteiger partial charge in [-0.3, -0.25) is 9.59 Å². The lowest BCUT2D eigenvalue weighted by molar-refractivity contribution is -0.122. The number of carbonyl (C=O) groups excluding carboxylic acids is 2. The number of carbonyl (C=O) groups is 2. The van der Waals surface area contributed by atoms with Gasteiger partial charge in [0.15, 0.2) is 0 Å². The summed E-state index contributed by atoms with van der Waals surface area (Å²) in [5.41, 5.74) is 8.18. The monoisotopic (exact) mass is 194 g/mol. The fraction of sp³-hybridized carbons (Fsp3) is 0.700. The van der Waals surface area contributed by atoms with Crippen molar-refractivity contribution < 1.29 is 14.4 Å². The van der Waals surface area contributed by atoms with Gasteiger partial charge in [0.05, 0.1) is 0 Å². The minimum Gasteiger partial charge on any atom is -0.361 e. The summed E-state index contributed by atoms with van der Waals surface area (Å²) in [4.78, 5) is 25.2. The molecule has 0 heterocycles. The molecule has 1 rings (SSSR count). The SMILES string of the molecule is CC(CC1CCCC1=O)C(=O)C=[N+]=[N-]. The van der Waals surface area contributed by atoms with Crippen LogP contribution in [0.15, 0.2) is 0 Å². The molecule has 14 heavy (non-hydrogen) atoms. The molecule has 0 aliphatic heterocycles. The molecule has 4 nitrogen and oxygen atoms in total. The highest BCUT2D eigenvalue weighted by molar-refractivity contribution is 6.26. The molecule has 0 spiro atoms. The minimum absolute atomic E-state index is 0.0426.